The molecule has 0 bridgehead atoms. The number of hydrogen-bond donors (Lipinski definition) is 1. The van der Waals surface area contributed by atoms with Gasteiger partial charge in [0, 0.05) is 28.1 Å². The van der Waals surface area contributed by atoms with Crippen molar-refractivity contribution in [2.45, 2.75) is 10.6 Å². The standard InChI is InChI=1S/C23H20Cl4N2O3S2/c24-17-10-9-16(20(26)13-17)15-33-12-11-28-22(30)14-29(21-8-4-7-19(25)23(21)27)34(31,32)18-5-2-1-3-6-18/h1-10,13H,11-12,14-15H2,(H,28,30). The average Bonchev–Trinajstić information content (AvgIpc) is 2.81. The predicted octanol–water partition coefficient (Wildman–Crippen LogP) is 6.55. The molecule has 5 nitrogen and oxygen atoms in total. The number of thioether (sulfide) groups is 1. The van der Waals surface area contributed by atoms with Gasteiger partial charge in [-0.2, -0.15) is 11.8 Å². The van der Waals surface area contributed by atoms with Crippen molar-refractivity contribution in [2.24, 2.45) is 0 Å². The van der Waals surface area contributed by atoms with E-state index < -0.39 is 22.5 Å². The first-order chi connectivity index (χ1) is 16.2. The van der Waals surface area contributed by atoms with Gasteiger partial charge in [-0.3, -0.25) is 9.10 Å². The van der Waals surface area contributed by atoms with E-state index >= 15 is 0 Å². The summed E-state index contributed by atoms with van der Waals surface area (Å²) in [6, 6.07) is 17.8. The maximum Gasteiger partial charge on any atom is 0.264 e. The molecule has 0 heterocycles. The third-order valence-electron chi connectivity index (χ3n) is 4.66. The molecule has 0 aromatic heterocycles. The summed E-state index contributed by atoms with van der Waals surface area (Å²) in [5.41, 5.74) is 1.07. The zero-order valence-electron chi connectivity index (χ0n) is 17.7. The van der Waals surface area contributed by atoms with E-state index in [1.807, 2.05) is 6.07 Å². The Morgan fingerprint density at radius 2 is 1.65 bits per heavy atom. The van der Waals surface area contributed by atoms with Gasteiger partial charge in [-0.25, -0.2) is 8.42 Å². The molecular formula is C23H20Cl4N2O3S2. The lowest BCUT2D eigenvalue weighted by Gasteiger charge is -2.25. The molecule has 1 N–H and O–H groups in total. The normalized spacial score (nSPS) is 11.3. The van der Waals surface area contributed by atoms with Crippen LogP contribution in [-0.4, -0.2) is 33.2 Å². The number of benzene rings is 3. The summed E-state index contributed by atoms with van der Waals surface area (Å²) in [5, 5.41) is 4.15. The van der Waals surface area contributed by atoms with Gasteiger partial charge in [-0.15, -0.1) is 0 Å². The van der Waals surface area contributed by atoms with Crippen molar-refractivity contribution in [2.75, 3.05) is 23.1 Å². The summed E-state index contributed by atoms with van der Waals surface area (Å²) in [6.45, 7) is -0.109. The van der Waals surface area contributed by atoms with Crippen molar-refractivity contribution in [3.05, 3.63) is 92.4 Å². The maximum absolute atomic E-state index is 13.3. The van der Waals surface area contributed by atoms with Crippen molar-refractivity contribution in [3.8, 4) is 0 Å². The van der Waals surface area contributed by atoms with Gasteiger partial charge in [-0.05, 0) is 42.0 Å². The van der Waals surface area contributed by atoms with E-state index in [0.29, 0.717) is 28.1 Å². The Kier molecular flexibility index (Phi) is 9.83. The average molecular weight is 578 g/mol. The summed E-state index contributed by atoms with van der Waals surface area (Å²) in [5.74, 6) is 0.785. The number of carbonyl (C=O) groups excluding carboxylic acids is 1. The van der Waals surface area contributed by atoms with Crippen LogP contribution in [0.15, 0.2) is 71.6 Å². The van der Waals surface area contributed by atoms with Crippen LogP contribution in [0.3, 0.4) is 0 Å². The van der Waals surface area contributed by atoms with Gasteiger partial charge in [0.25, 0.3) is 10.0 Å². The third-order valence-corrected chi connectivity index (χ3v) is 8.84. The number of hydrogen-bond acceptors (Lipinski definition) is 4. The molecule has 0 fully saturated rings. The largest absolute Gasteiger partial charge is 0.354 e. The molecule has 0 spiro atoms. The highest BCUT2D eigenvalue weighted by Gasteiger charge is 2.29. The van der Waals surface area contributed by atoms with E-state index in [-0.39, 0.29) is 20.6 Å². The molecule has 0 radical (unpaired) electrons. The minimum absolute atomic E-state index is 0.0363. The molecule has 1 amide bonds. The monoisotopic (exact) mass is 576 g/mol. The zero-order valence-corrected chi connectivity index (χ0v) is 22.3. The van der Waals surface area contributed by atoms with Crippen LogP contribution in [0.4, 0.5) is 5.69 Å². The second-order valence-electron chi connectivity index (χ2n) is 7.04. The Morgan fingerprint density at radius 1 is 0.912 bits per heavy atom. The first-order valence-electron chi connectivity index (χ1n) is 10.0. The van der Waals surface area contributed by atoms with Gasteiger partial charge < -0.3 is 5.32 Å². The molecule has 11 heteroatoms. The van der Waals surface area contributed by atoms with Crippen LogP contribution in [0.1, 0.15) is 5.56 Å². The number of sulfonamides is 1. The highest BCUT2D eigenvalue weighted by Crippen LogP contribution is 2.35. The molecule has 34 heavy (non-hydrogen) atoms. The summed E-state index contributed by atoms with van der Waals surface area (Å²) >= 11 is 26.1. The van der Waals surface area contributed by atoms with Gasteiger partial charge in [0.1, 0.15) is 6.54 Å². The number of anilines is 1. The molecule has 0 saturated heterocycles. The molecular weight excluding hydrogens is 558 g/mol. The van der Waals surface area contributed by atoms with Crippen LogP contribution >= 0.6 is 58.2 Å². The fourth-order valence-corrected chi connectivity index (χ4v) is 6.29. The number of halogens is 4. The molecule has 3 aromatic carbocycles. The number of carbonyl (C=O) groups is 1. The van der Waals surface area contributed by atoms with Crippen molar-refractivity contribution in [1.82, 2.24) is 5.32 Å². The van der Waals surface area contributed by atoms with Crippen LogP contribution in [0, 0.1) is 0 Å². The fraction of sp³-hybridized carbons (Fsp3) is 0.174. The number of amides is 1. The highest BCUT2D eigenvalue weighted by molar-refractivity contribution is 7.98. The maximum atomic E-state index is 13.3. The van der Waals surface area contributed by atoms with Crippen molar-refractivity contribution in [3.63, 3.8) is 0 Å². The summed E-state index contributed by atoms with van der Waals surface area (Å²) in [4.78, 5) is 12.7. The molecule has 180 valence electrons. The summed E-state index contributed by atoms with van der Waals surface area (Å²) in [7, 11) is -4.07. The molecule has 3 aromatic rings. The minimum Gasteiger partial charge on any atom is -0.354 e. The van der Waals surface area contributed by atoms with E-state index in [0.717, 1.165) is 9.87 Å². The Labute approximate surface area is 223 Å². The van der Waals surface area contributed by atoms with Gasteiger partial charge in [0.05, 0.1) is 20.6 Å². The van der Waals surface area contributed by atoms with E-state index in [1.165, 1.54) is 18.2 Å². The smallest absolute Gasteiger partial charge is 0.264 e. The first-order valence-corrected chi connectivity index (χ1v) is 14.1. The van der Waals surface area contributed by atoms with E-state index in [2.05, 4.69) is 5.32 Å². The lowest BCUT2D eigenvalue weighted by Crippen LogP contribution is -2.41. The predicted molar refractivity (Wildman–Crippen MR) is 143 cm³/mol. The number of nitrogens with zero attached hydrogens (tertiary/aromatic N) is 1. The second kappa shape index (κ2) is 12.4. The lowest BCUT2D eigenvalue weighted by atomic mass is 10.2. The molecule has 3 rings (SSSR count). The van der Waals surface area contributed by atoms with E-state index in [1.54, 1.807) is 54.2 Å². The van der Waals surface area contributed by atoms with Crippen LogP contribution in [-0.2, 0) is 20.6 Å². The van der Waals surface area contributed by atoms with Crippen LogP contribution in [0.2, 0.25) is 20.1 Å². The summed E-state index contributed by atoms with van der Waals surface area (Å²) < 4.78 is 27.6. The van der Waals surface area contributed by atoms with Gasteiger partial charge >= 0.3 is 0 Å². The van der Waals surface area contributed by atoms with E-state index in [4.69, 9.17) is 46.4 Å². The van der Waals surface area contributed by atoms with Gasteiger partial charge in [-0.1, -0.05) is 76.7 Å². The second-order valence-corrected chi connectivity index (χ2v) is 11.6. The zero-order chi connectivity index (χ0) is 24.7. The van der Waals surface area contributed by atoms with Crippen molar-refractivity contribution < 1.29 is 13.2 Å². The lowest BCUT2D eigenvalue weighted by molar-refractivity contribution is -0.119. The number of rotatable bonds is 10. The molecule has 0 unspecified atom stereocenters. The molecule has 0 aliphatic carbocycles. The van der Waals surface area contributed by atoms with Crippen molar-refractivity contribution in [1.29, 1.82) is 0 Å². The Morgan fingerprint density at radius 3 is 2.35 bits per heavy atom. The fourth-order valence-electron chi connectivity index (χ4n) is 2.97. The van der Waals surface area contributed by atoms with Gasteiger partial charge in [0.2, 0.25) is 5.91 Å². The minimum atomic E-state index is -4.07. The highest BCUT2D eigenvalue weighted by atomic mass is 35.5. The third kappa shape index (κ3) is 6.97. The first kappa shape index (κ1) is 27.0. The Balaban J connectivity index is 1.66. The quantitative estimate of drug-likeness (QED) is 0.278. The number of nitrogens with one attached hydrogen (secondary N) is 1. The van der Waals surface area contributed by atoms with Crippen LogP contribution in [0.25, 0.3) is 0 Å². The molecule has 0 atom stereocenters. The molecule has 0 aliphatic rings. The molecule has 0 saturated carbocycles. The SMILES string of the molecule is O=C(CN(c1cccc(Cl)c1Cl)S(=O)(=O)c1ccccc1)NCCSCc1ccc(Cl)cc1Cl. The van der Waals surface area contributed by atoms with Crippen molar-refractivity contribution >= 4 is 79.8 Å². The van der Waals surface area contributed by atoms with Crippen LogP contribution < -0.4 is 9.62 Å². The van der Waals surface area contributed by atoms with Crippen LogP contribution in [0.5, 0.6) is 0 Å². The molecule has 0 aliphatic heterocycles. The summed E-state index contributed by atoms with van der Waals surface area (Å²) in [6.07, 6.45) is 0. The van der Waals surface area contributed by atoms with E-state index in [9.17, 15) is 13.2 Å². The Hall–Kier alpha value is -1.61. The Bertz CT molecular complexity index is 1260. The topological polar surface area (TPSA) is 66.5 Å². The van der Waals surface area contributed by atoms with Gasteiger partial charge in [0.15, 0.2) is 0 Å².